The second kappa shape index (κ2) is 5.38. The minimum atomic E-state index is -0.637. The Hall–Kier alpha value is -1.06. The molecule has 1 saturated heterocycles. The maximum atomic E-state index is 12.9. The number of rotatable bonds is 3. The van der Waals surface area contributed by atoms with Crippen molar-refractivity contribution in [3.63, 3.8) is 0 Å². The van der Waals surface area contributed by atoms with Gasteiger partial charge in [0.05, 0.1) is 0 Å². The van der Waals surface area contributed by atoms with Crippen molar-refractivity contribution in [3.05, 3.63) is 0 Å². The van der Waals surface area contributed by atoms with E-state index in [0.717, 1.165) is 19.4 Å². The van der Waals surface area contributed by atoms with Gasteiger partial charge in [0.2, 0.25) is 11.8 Å². The highest BCUT2D eigenvalue weighted by molar-refractivity contribution is 5.93. The van der Waals surface area contributed by atoms with Gasteiger partial charge < -0.3 is 10.2 Å². The van der Waals surface area contributed by atoms with E-state index in [4.69, 9.17) is 0 Å². The second-order valence-corrected chi connectivity index (χ2v) is 7.03. The van der Waals surface area contributed by atoms with E-state index in [2.05, 4.69) is 5.32 Å². The molecule has 1 unspecified atom stereocenters. The molecular weight excluding hydrogens is 252 g/mol. The maximum Gasteiger partial charge on any atom is 0.248 e. The van der Waals surface area contributed by atoms with Gasteiger partial charge in [0, 0.05) is 19.5 Å². The van der Waals surface area contributed by atoms with Gasteiger partial charge in [-0.05, 0) is 44.4 Å². The lowest BCUT2D eigenvalue weighted by Crippen LogP contribution is -2.57. The van der Waals surface area contributed by atoms with E-state index in [1.165, 1.54) is 32.1 Å². The molecule has 0 bridgehead atoms. The number of nitrogens with one attached hydrogen (secondary N) is 1. The third-order valence-electron chi connectivity index (χ3n) is 5.34. The van der Waals surface area contributed by atoms with Gasteiger partial charge >= 0.3 is 0 Å². The maximum absolute atomic E-state index is 12.9. The minimum absolute atomic E-state index is 0.0406. The molecule has 2 aliphatic carbocycles. The first-order chi connectivity index (χ1) is 9.59. The van der Waals surface area contributed by atoms with Crippen molar-refractivity contribution in [2.75, 3.05) is 13.1 Å². The van der Waals surface area contributed by atoms with Crippen molar-refractivity contribution < 1.29 is 9.59 Å². The standard InChI is InChI=1S/C16H26N2O2/c1-16(13-7-8-13)15(20)18(10-9-14(19)17-16)11-12-5-3-2-4-6-12/h12-13H,2-11H2,1H3,(H,17,19). The molecule has 112 valence electrons. The van der Waals surface area contributed by atoms with Crippen LogP contribution in [0.1, 0.15) is 58.3 Å². The van der Waals surface area contributed by atoms with Crippen molar-refractivity contribution in [1.82, 2.24) is 10.2 Å². The van der Waals surface area contributed by atoms with Crippen LogP contribution in [0.2, 0.25) is 0 Å². The lowest BCUT2D eigenvalue weighted by atomic mass is 9.88. The molecule has 20 heavy (non-hydrogen) atoms. The third-order valence-corrected chi connectivity index (χ3v) is 5.34. The Morgan fingerprint density at radius 1 is 1.15 bits per heavy atom. The third kappa shape index (κ3) is 2.70. The van der Waals surface area contributed by atoms with Crippen molar-refractivity contribution in [1.29, 1.82) is 0 Å². The fourth-order valence-corrected chi connectivity index (χ4v) is 3.87. The number of hydrogen-bond acceptors (Lipinski definition) is 2. The van der Waals surface area contributed by atoms with E-state index in [0.29, 0.717) is 24.8 Å². The van der Waals surface area contributed by atoms with Crippen molar-refractivity contribution in [2.45, 2.75) is 63.8 Å². The highest BCUT2D eigenvalue weighted by Gasteiger charge is 2.51. The molecule has 0 radical (unpaired) electrons. The Kier molecular flexibility index (Phi) is 3.74. The summed E-state index contributed by atoms with van der Waals surface area (Å²) in [6.45, 7) is 3.39. The Morgan fingerprint density at radius 2 is 1.85 bits per heavy atom. The first-order valence-electron chi connectivity index (χ1n) is 8.20. The molecule has 3 fully saturated rings. The molecule has 1 N–H and O–H groups in total. The van der Waals surface area contributed by atoms with E-state index in [9.17, 15) is 9.59 Å². The number of amides is 2. The van der Waals surface area contributed by atoms with Gasteiger partial charge in [0.25, 0.3) is 0 Å². The van der Waals surface area contributed by atoms with Crippen molar-refractivity contribution >= 4 is 11.8 Å². The molecule has 3 aliphatic rings. The number of carbonyl (C=O) groups excluding carboxylic acids is 2. The summed E-state index contributed by atoms with van der Waals surface area (Å²) in [5.74, 6) is 1.20. The molecule has 4 nitrogen and oxygen atoms in total. The SMILES string of the molecule is CC1(C2CC2)NC(=O)CCN(CC2CCCCC2)C1=O. The van der Waals surface area contributed by atoms with Crippen LogP contribution in [0.4, 0.5) is 0 Å². The second-order valence-electron chi connectivity index (χ2n) is 7.03. The highest BCUT2D eigenvalue weighted by Crippen LogP contribution is 2.41. The molecule has 2 saturated carbocycles. The molecule has 0 aromatic carbocycles. The van der Waals surface area contributed by atoms with E-state index < -0.39 is 5.54 Å². The lowest BCUT2D eigenvalue weighted by Gasteiger charge is -2.35. The molecule has 0 spiro atoms. The Labute approximate surface area is 121 Å². The minimum Gasteiger partial charge on any atom is -0.342 e. The van der Waals surface area contributed by atoms with Crippen LogP contribution in [0.5, 0.6) is 0 Å². The fraction of sp³-hybridized carbons (Fsp3) is 0.875. The van der Waals surface area contributed by atoms with E-state index in [1.54, 1.807) is 0 Å². The van der Waals surface area contributed by atoms with Gasteiger partial charge in [0.1, 0.15) is 5.54 Å². The van der Waals surface area contributed by atoms with Crippen LogP contribution in [0.15, 0.2) is 0 Å². The van der Waals surface area contributed by atoms with Crippen molar-refractivity contribution in [3.8, 4) is 0 Å². The normalized spacial score (nSPS) is 33.0. The van der Waals surface area contributed by atoms with Crippen LogP contribution < -0.4 is 5.32 Å². The number of hydrogen-bond donors (Lipinski definition) is 1. The van der Waals surface area contributed by atoms with Gasteiger partial charge in [-0.3, -0.25) is 9.59 Å². The summed E-state index contributed by atoms with van der Waals surface area (Å²) in [6.07, 6.45) is 9.01. The van der Waals surface area contributed by atoms with Crippen LogP contribution in [0.25, 0.3) is 0 Å². The van der Waals surface area contributed by atoms with Crippen LogP contribution in [0.3, 0.4) is 0 Å². The summed E-state index contributed by atoms with van der Waals surface area (Å²) >= 11 is 0. The summed E-state index contributed by atoms with van der Waals surface area (Å²) in [4.78, 5) is 26.8. The number of nitrogens with zero attached hydrogens (tertiary/aromatic N) is 1. The zero-order valence-electron chi connectivity index (χ0n) is 12.5. The zero-order valence-corrected chi connectivity index (χ0v) is 12.5. The predicted molar refractivity (Wildman–Crippen MR) is 77.0 cm³/mol. The predicted octanol–water partition coefficient (Wildman–Crippen LogP) is 2.08. The monoisotopic (exact) mass is 278 g/mol. The zero-order chi connectivity index (χ0) is 14.2. The van der Waals surface area contributed by atoms with Gasteiger partial charge in [-0.1, -0.05) is 19.3 Å². The number of carbonyl (C=O) groups is 2. The Balaban J connectivity index is 1.72. The van der Waals surface area contributed by atoms with E-state index in [1.807, 2.05) is 11.8 Å². The fourth-order valence-electron chi connectivity index (χ4n) is 3.87. The average molecular weight is 278 g/mol. The molecule has 1 atom stereocenters. The van der Waals surface area contributed by atoms with Crippen molar-refractivity contribution in [2.24, 2.45) is 11.8 Å². The Bertz CT molecular complexity index is 399. The molecule has 2 amide bonds. The summed E-state index contributed by atoms with van der Waals surface area (Å²) in [5, 5.41) is 3.00. The summed E-state index contributed by atoms with van der Waals surface area (Å²) < 4.78 is 0. The largest absolute Gasteiger partial charge is 0.342 e. The lowest BCUT2D eigenvalue weighted by molar-refractivity contribution is -0.139. The summed E-state index contributed by atoms with van der Waals surface area (Å²) in [6, 6.07) is 0. The quantitative estimate of drug-likeness (QED) is 0.859. The topological polar surface area (TPSA) is 49.4 Å². The highest BCUT2D eigenvalue weighted by atomic mass is 16.2. The summed E-state index contributed by atoms with van der Waals surface area (Å²) in [7, 11) is 0. The van der Waals surface area contributed by atoms with E-state index >= 15 is 0 Å². The molecule has 1 heterocycles. The van der Waals surface area contributed by atoms with E-state index in [-0.39, 0.29) is 11.8 Å². The first kappa shape index (κ1) is 13.9. The molecule has 1 aliphatic heterocycles. The van der Waals surface area contributed by atoms with Gasteiger partial charge in [-0.25, -0.2) is 0 Å². The summed E-state index contributed by atoms with van der Waals surface area (Å²) in [5.41, 5.74) is -0.637. The first-order valence-corrected chi connectivity index (χ1v) is 8.20. The van der Waals surface area contributed by atoms with Gasteiger partial charge in [-0.15, -0.1) is 0 Å². The van der Waals surface area contributed by atoms with Gasteiger partial charge in [-0.2, -0.15) is 0 Å². The van der Waals surface area contributed by atoms with Gasteiger partial charge in [0.15, 0.2) is 0 Å². The molecular formula is C16H26N2O2. The van der Waals surface area contributed by atoms with Crippen LogP contribution in [0, 0.1) is 11.8 Å². The smallest absolute Gasteiger partial charge is 0.248 e. The molecule has 3 rings (SSSR count). The Morgan fingerprint density at radius 3 is 2.50 bits per heavy atom. The molecule has 4 heteroatoms. The van der Waals surface area contributed by atoms with Crippen LogP contribution >= 0.6 is 0 Å². The van der Waals surface area contributed by atoms with Crippen LogP contribution in [-0.2, 0) is 9.59 Å². The average Bonchev–Trinajstić information content (AvgIpc) is 3.28. The van der Waals surface area contributed by atoms with Crippen LogP contribution in [-0.4, -0.2) is 35.3 Å². The molecule has 0 aromatic rings. The molecule has 0 aromatic heterocycles.